The lowest BCUT2D eigenvalue weighted by molar-refractivity contribution is -0.140. The molecule has 0 radical (unpaired) electrons. The van der Waals surface area contributed by atoms with Crippen molar-refractivity contribution in [3.63, 3.8) is 0 Å². The number of amides is 2. The van der Waals surface area contributed by atoms with E-state index in [0.29, 0.717) is 5.69 Å². The molecule has 1 atom stereocenters. The molecule has 1 N–H and O–H groups in total. The van der Waals surface area contributed by atoms with Crippen molar-refractivity contribution in [3.05, 3.63) is 131 Å². The van der Waals surface area contributed by atoms with E-state index in [4.69, 9.17) is 0 Å². The molecule has 2 amide bonds. The van der Waals surface area contributed by atoms with E-state index in [1.807, 2.05) is 94.4 Å². The fraction of sp³-hybridized carbons (Fsp3) is 0.278. The highest BCUT2D eigenvalue weighted by Crippen LogP contribution is 2.26. The number of hydrogen-bond acceptors (Lipinski definition) is 4. The summed E-state index contributed by atoms with van der Waals surface area (Å²) < 4.78 is 29.3. The van der Waals surface area contributed by atoms with Crippen LogP contribution >= 0.6 is 0 Å². The number of nitrogens with one attached hydrogen (secondary N) is 1. The van der Waals surface area contributed by atoms with E-state index in [-0.39, 0.29) is 29.8 Å². The van der Waals surface area contributed by atoms with Crippen LogP contribution in [0.5, 0.6) is 0 Å². The molecule has 4 aromatic carbocycles. The van der Waals surface area contributed by atoms with E-state index in [2.05, 4.69) is 5.32 Å². The summed E-state index contributed by atoms with van der Waals surface area (Å²) in [5, 5.41) is 2.98. The first kappa shape index (κ1) is 32.5. The molecule has 0 saturated heterocycles. The lowest BCUT2D eigenvalue weighted by Gasteiger charge is -2.34. The van der Waals surface area contributed by atoms with Crippen molar-refractivity contribution in [1.29, 1.82) is 0 Å². The molecule has 0 fully saturated rings. The van der Waals surface area contributed by atoms with Gasteiger partial charge in [-0.05, 0) is 68.1 Å². The van der Waals surface area contributed by atoms with Crippen LogP contribution < -0.4 is 9.62 Å². The number of rotatable bonds is 13. The zero-order chi connectivity index (χ0) is 31.7. The van der Waals surface area contributed by atoms with Gasteiger partial charge in [0, 0.05) is 19.0 Å². The van der Waals surface area contributed by atoms with Gasteiger partial charge < -0.3 is 10.2 Å². The van der Waals surface area contributed by atoms with Crippen molar-refractivity contribution in [3.8, 4) is 0 Å². The van der Waals surface area contributed by atoms with Gasteiger partial charge in [0.25, 0.3) is 10.0 Å². The largest absolute Gasteiger partial charge is 0.352 e. The van der Waals surface area contributed by atoms with Gasteiger partial charge in [0.05, 0.1) is 10.6 Å². The molecule has 4 aromatic rings. The minimum Gasteiger partial charge on any atom is -0.352 e. The smallest absolute Gasteiger partial charge is 0.264 e. The predicted molar refractivity (Wildman–Crippen MR) is 176 cm³/mol. The molecule has 1 unspecified atom stereocenters. The molecule has 8 heteroatoms. The Bertz CT molecular complexity index is 1640. The fourth-order valence-corrected chi connectivity index (χ4v) is 6.52. The van der Waals surface area contributed by atoms with Gasteiger partial charge in [-0.15, -0.1) is 0 Å². The minimum atomic E-state index is -4.12. The van der Waals surface area contributed by atoms with Crippen molar-refractivity contribution in [2.24, 2.45) is 0 Å². The summed E-state index contributed by atoms with van der Waals surface area (Å²) in [6.07, 6.45) is 1.06. The molecule has 0 spiro atoms. The van der Waals surface area contributed by atoms with Gasteiger partial charge >= 0.3 is 0 Å². The molecule has 44 heavy (non-hydrogen) atoms. The van der Waals surface area contributed by atoms with Crippen molar-refractivity contribution in [2.45, 2.75) is 64.1 Å². The highest BCUT2D eigenvalue weighted by atomic mass is 32.2. The normalized spacial score (nSPS) is 12.0. The third-order valence-corrected chi connectivity index (χ3v) is 9.17. The van der Waals surface area contributed by atoms with Crippen molar-refractivity contribution >= 4 is 27.5 Å². The molecule has 7 nitrogen and oxygen atoms in total. The first-order valence-corrected chi connectivity index (χ1v) is 16.4. The molecule has 0 aliphatic rings. The second-order valence-electron chi connectivity index (χ2n) is 11.2. The zero-order valence-electron chi connectivity index (χ0n) is 25.8. The zero-order valence-corrected chi connectivity index (χ0v) is 26.6. The standard InChI is InChI=1S/C36H41N3O4S/c1-5-29-19-21-32(22-20-29)39(44(42,43)33-17-10-7-11-18-33)26-35(40)38(25-31-16-12-13-28(4)23-31)34(36(41)37-27(2)3)24-30-14-8-6-9-15-30/h6-23,27,34H,5,24-26H2,1-4H3,(H,37,41). The molecule has 0 heterocycles. The Labute approximate surface area is 261 Å². The highest BCUT2D eigenvalue weighted by molar-refractivity contribution is 7.92. The number of benzene rings is 4. The number of anilines is 1. The van der Waals surface area contributed by atoms with E-state index >= 15 is 0 Å². The number of carbonyl (C=O) groups is 2. The summed E-state index contributed by atoms with van der Waals surface area (Å²) >= 11 is 0. The average molecular weight is 612 g/mol. The number of carbonyl (C=O) groups excluding carboxylic acids is 2. The van der Waals surface area contributed by atoms with E-state index in [1.54, 1.807) is 30.3 Å². The van der Waals surface area contributed by atoms with Gasteiger partial charge in [0.2, 0.25) is 11.8 Å². The number of sulfonamides is 1. The molecule has 0 aliphatic heterocycles. The highest BCUT2D eigenvalue weighted by Gasteiger charge is 2.34. The van der Waals surface area contributed by atoms with Gasteiger partial charge in [-0.1, -0.05) is 97.4 Å². The van der Waals surface area contributed by atoms with Crippen LogP contribution in [0, 0.1) is 6.92 Å². The second-order valence-corrected chi connectivity index (χ2v) is 13.1. The van der Waals surface area contributed by atoms with Crippen LogP contribution in [0.15, 0.2) is 114 Å². The van der Waals surface area contributed by atoms with Gasteiger partial charge in [0.1, 0.15) is 12.6 Å². The molecule has 4 rings (SSSR count). The topological polar surface area (TPSA) is 86.8 Å². The maximum absolute atomic E-state index is 14.5. The van der Waals surface area contributed by atoms with Crippen LogP contribution in [0.2, 0.25) is 0 Å². The van der Waals surface area contributed by atoms with Gasteiger partial charge in [-0.25, -0.2) is 8.42 Å². The monoisotopic (exact) mass is 611 g/mol. The Hall–Kier alpha value is -4.43. The quantitative estimate of drug-likeness (QED) is 0.204. The first-order valence-electron chi connectivity index (χ1n) is 14.9. The fourth-order valence-electron chi connectivity index (χ4n) is 5.09. The van der Waals surface area contributed by atoms with Crippen LogP contribution in [0.4, 0.5) is 5.69 Å². The SMILES string of the molecule is CCc1ccc(N(CC(=O)N(Cc2cccc(C)c2)C(Cc2ccccc2)C(=O)NC(C)C)S(=O)(=O)c2ccccc2)cc1. The number of aryl methyl sites for hydroxylation is 2. The summed E-state index contributed by atoms with van der Waals surface area (Å²) in [4.78, 5) is 29.8. The van der Waals surface area contributed by atoms with E-state index in [1.165, 1.54) is 17.0 Å². The summed E-state index contributed by atoms with van der Waals surface area (Å²) in [6.45, 7) is 7.40. The Kier molecular flexibility index (Phi) is 11.0. The van der Waals surface area contributed by atoms with Crippen molar-refractivity contribution < 1.29 is 18.0 Å². The Morgan fingerprint density at radius 2 is 1.39 bits per heavy atom. The summed E-state index contributed by atoms with van der Waals surface area (Å²) in [5.74, 6) is -0.778. The van der Waals surface area contributed by atoms with Crippen LogP contribution in [0.1, 0.15) is 43.0 Å². The molecule has 0 aliphatic carbocycles. The number of nitrogens with zero attached hydrogens (tertiary/aromatic N) is 2. The third-order valence-electron chi connectivity index (χ3n) is 7.38. The second kappa shape index (κ2) is 14.8. The first-order chi connectivity index (χ1) is 21.1. The maximum atomic E-state index is 14.5. The molecule has 0 aromatic heterocycles. The van der Waals surface area contributed by atoms with Gasteiger partial charge in [0.15, 0.2) is 0 Å². The van der Waals surface area contributed by atoms with Crippen LogP contribution in [-0.4, -0.2) is 43.8 Å². The molecule has 0 saturated carbocycles. The predicted octanol–water partition coefficient (Wildman–Crippen LogP) is 5.92. The molecule has 0 bridgehead atoms. The number of hydrogen-bond donors (Lipinski definition) is 1. The Morgan fingerprint density at radius 3 is 1.98 bits per heavy atom. The average Bonchev–Trinajstić information content (AvgIpc) is 3.02. The summed E-state index contributed by atoms with van der Waals surface area (Å²) in [6, 6.07) is 31.6. The lowest BCUT2D eigenvalue weighted by atomic mass is 10.0. The van der Waals surface area contributed by atoms with E-state index in [0.717, 1.165) is 33.0 Å². The van der Waals surface area contributed by atoms with E-state index in [9.17, 15) is 18.0 Å². The summed E-state index contributed by atoms with van der Waals surface area (Å²) in [5.41, 5.74) is 4.18. The maximum Gasteiger partial charge on any atom is 0.264 e. The van der Waals surface area contributed by atoms with Crippen molar-refractivity contribution in [2.75, 3.05) is 10.8 Å². The van der Waals surface area contributed by atoms with Gasteiger partial charge in [-0.3, -0.25) is 13.9 Å². The Morgan fingerprint density at radius 1 is 0.773 bits per heavy atom. The molecular weight excluding hydrogens is 570 g/mol. The molecule has 230 valence electrons. The minimum absolute atomic E-state index is 0.0796. The lowest BCUT2D eigenvalue weighted by Crippen LogP contribution is -2.54. The third kappa shape index (κ3) is 8.35. The molecular formula is C36H41N3O4S. The van der Waals surface area contributed by atoms with E-state index < -0.39 is 28.5 Å². The Balaban J connectivity index is 1.80. The van der Waals surface area contributed by atoms with Crippen LogP contribution in [0.25, 0.3) is 0 Å². The van der Waals surface area contributed by atoms with Crippen LogP contribution in [-0.2, 0) is 39.0 Å². The van der Waals surface area contributed by atoms with Crippen LogP contribution in [0.3, 0.4) is 0 Å². The summed E-state index contributed by atoms with van der Waals surface area (Å²) in [7, 11) is -4.12. The van der Waals surface area contributed by atoms with Crippen molar-refractivity contribution in [1.82, 2.24) is 10.2 Å². The van der Waals surface area contributed by atoms with Gasteiger partial charge in [-0.2, -0.15) is 0 Å².